The molecule has 0 amide bonds. The van der Waals surface area contributed by atoms with Crippen molar-refractivity contribution in [3.8, 4) is 0 Å². The minimum absolute atomic E-state index is 0.301. The predicted molar refractivity (Wildman–Crippen MR) is 61.7 cm³/mol. The van der Waals surface area contributed by atoms with Crippen molar-refractivity contribution in [3.63, 3.8) is 0 Å². The number of aliphatic hydroxyl groups is 1. The van der Waals surface area contributed by atoms with E-state index in [4.69, 9.17) is 0 Å². The number of nitrogens with one attached hydrogen (secondary N) is 1. The van der Waals surface area contributed by atoms with Gasteiger partial charge < -0.3 is 10.4 Å². The summed E-state index contributed by atoms with van der Waals surface area (Å²) >= 11 is 0. The SMILES string of the molecule is OC1C=C(CCc2ccccc2)CNC1. The molecule has 1 aromatic rings. The Hall–Kier alpha value is -1.12. The van der Waals surface area contributed by atoms with E-state index >= 15 is 0 Å². The van der Waals surface area contributed by atoms with Crippen LogP contribution >= 0.6 is 0 Å². The maximum absolute atomic E-state index is 9.44. The lowest BCUT2D eigenvalue weighted by Crippen LogP contribution is -2.32. The monoisotopic (exact) mass is 203 g/mol. The molecule has 2 rings (SSSR count). The Kier molecular flexibility index (Phi) is 3.54. The van der Waals surface area contributed by atoms with E-state index in [1.807, 2.05) is 12.1 Å². The van der Waals surface area contributed by atoms with Crippen molar-refractivity contribution in [3.05, 3.63) is 47.5 Å². The smallest absolute Gasteiger partial charge is 0.0848 e. The van der Waals surface area contributed by atoms with E-state index in [1.165, 1.54) is 11.1 Å². The van der Waals surface area contributed by atoms with Crippen molar-refractivity contribution in [2.45, 2.75) is 18.9 Å². The maximum Gasteiger partial charge on any atom is 0.0848 e. The minimum atomic E-state index is -0.301. The second-order valence-electron chi connectivity index (χ2n) is 4.01. The third-order valence-electron chi connectivity index (χ3n) is 2.71. The molecule has 0 saturated heterocycles. The molecule has 0 radical (unpaired) electrons. The molecule has 1 aromatic carbocycles. The molecule has 15 heavy (non-hydrogen) atoms. The summed E-state index contributed by atoms with van der Waals surface area (Å²) in [4.78, 5) is 0. The summed E-state index contributed by atoms with van der Waals surface area (Å²) in [5.41, 5.74) is 2.68. The van der Waals surface area contributed by atoms with Gasteiger partial charge in [-0.05, 0) is 18.4 Å². The molecule has 1 unspecified atom stereocenters. The van der Waals surface area contributed by atoms with Gasteiger partial charge in [-0.1, -0.05) is 42.0 Å². The van der Waals surface area contributed by atoms with Crippen LogP contribution in [0.3, 0.4) is 0 Å². The van der Waals surface area contributed by atoms with Crippen LogP contribution in [0.25, 0.3) is 0 Å². The van der Waals surface area contributed by atoms with Gasteiger partial charge in [-0.3, -0.25) is 0 Å². The molecule has 0 aromatic heterocycles. The van der Waals surface area contributed by atoms with E-state index in [9.17, 15) is 5.11 Å². The zero-order valence-corrected chi connectivity index (χ0v) is 8.82. The van der Waals surface area contributed by atoms with E-state index in [0.29, 0.717) is 6.54 Å². The highest BCUT2D eigenvalue weighted by atomic mass is 16.3. The van der Waals surface area contributed by atoms with Crippen molar-refractivity contribution in [2.75, 3.05) is 13.1 Å². The van der Waals surface area contributed by atoms with Crippen LogP contribution in [0.2, 0.25) is 0 Å². The molecular formula is C13H17NO. The van der Waals surface area contributed by atoms with E-state index in [-0.39, 0.29) is 6.10 Å². The summed E-state index contributed by atoms with van der Waals surface area (Å²) in [6, 6.07) is 10.5. The summed E-state index contributed by atoms with van der Waals surface area (Å²) in [5.74, 6) is 0. The zero-order chi connectivity index (χ0) is 10.5. The second kappa shape index (κ2) is 5.10. The van der Waals surface area contributed by atoms with Gasteiger partial charge in [0.2, 0.25) is 0 Å². The molecule has 0 bridgehead atoms. The Labute approximate surface area is 90.6 Å². The van der Waals surface area contributed by atoms with E-state index in [0.717, 1.165) is 19.4 Å². The number of aryl methyl sites for hydroxylation is 1. The number of aliphatic hydroxyl groups excluding tert-OH is 1. The molecule has 0 fully saturated rings. The number of rotatable bonds is 3. The van der Waals surface area contributed by atoms with Gasteiger partial charge in [0, 0.05) is 13.1 Å². The minimum Gasteiger partial charge on any atom is -0.388 e. The molecule has 0 aliphatic carbocycles. The van der Waals surface area contributed by atoms with Crippen LogP contribution in [0.5, 0.6) is 0 Å². The lowest BCUT2D eigenvalue weighted by molar-refractivity contribution is 0.212. The van der Waals surface area contributed by atoms with Crippen molar-refractivity contribution in [1.29, 1.82) is 0 Å². The fourth-order valence-corrected chi connectivity index (χ4v) is 1.89. The molecule has 2 N–H and O–H groups in total. The van der Waals surface area contributed by atoms with E-state index in [2.05, 4.69) is 29.6 Å². The molecular weight excluding hydrogens is 186 g/mol. The Bertz CT molecular complexity index is 332. The van der Waals surface area contributed by atoms with Crippen LogP contribution in [0.4, 0.5) is 0 Å². The van der Waals surface area contributed by atoms with Gasteiger partial charge in [-0.15, -0.1) is 0 Å². The highest BCUT2D eigenvalue weighted by Gasteiger charge is 2.09. The maximum atomic E-state index is 9.44. The first kappa shape index (κ1) is 10.4. The van der Waals surface area contributed by atoms with Crippen LogP contribution in [0.1, 0.15) is 12.0 Å². The lowest BCUT2D eigenvalue weighted by atomic mass is 10.0. The van der Waals surface area contributed by atoms with Crippen LogP contribution in [0, 0.1) is 0 Å². The highest BCUT2D eigenvalue weighted by Crippen LogP contribution is 2.11. The van der Waals surface area contributed by atoms with Gasteiger partial charge in [-0.25, -0.2) is 0 Å². The molecule has 1 aliphatic heterocycles. The average molecular weight is 203 g/mol. The summed E-state index contributed by atoms with van der Waals surface area (Å²) in [7, 11) is 0. The first-order valence-corrected chi connectivity index (χ1v) is 5.47. The molecule has 80 valence electrons. The van der Waals surface area contributed by atoms with Gasteiger partial charge in [-0.2, -0.15) is 0 Å². The second-order valence-corrected chi connectivity index (χ2v) is 4.01. The first-order valence-electron chi connectivity index (χ1n) is 5.47. The molecule has 2 nitrogen and oxygen atoms in total. The van der Waals surface area contributed by atoms with Crippen molar-refractivity contribution >= 4 is 0 Å². The summed E-state index contributed by atoms with van der Waals surface area (Å²) in [5, 5.41) is 12.6. The summed E-state index contributed by atoms with van der Waals surface area (Å²) < 4.78 is 0. The van der Waals surface area contributed by atoms with Crippen LogP contribution in [-0.4, -0.2) is 24.3 Å². The van der Waals surface area contributed by atoms with Gasteiger partial charge in [0.1, 0.15) is 0 Å². The molecule has 2 heteroatoms. The van der Waals surface area contributed by atoms with Gasteiger partial charge in [0.25, 0.3) is 0 Å². The summed E-state index contributed by atoms with van der Waals surface area (Å²) in [6.07, 6.45) is 3.78. The highest BCUT2D eigenvalue weighted by molar-refractivity contribution is 5.18. The van der Waals surface area contributed by atoms with Crippen LogP contribution in [-0.2, 0) is 6.42 Å². The quantitative estimate of drug-likeness (QED) is 0.730. The molecule has 0 saturated carbocycles. The Balaban J connectivity index is 1.88. The largest absolute Gasteiger partial charge is 0.388 e. The van der Waals surface area contributed by atoms with Gasteiger partial charge in [0.15, 0.2) is 0 Å². The van der Waals surface area contributed by atoms with Gasteiger partial charge >= 0.3 is 0 Å². The Morgan fingerprint density at radius 2 is 2.00 bits per heavy atom. The topological polar surface area (TPSA) is 32.3 Å². The third-order valence-corrected chi connectivity index (χ3v) is 2.71. The molecule has 1 aliphatic rings. The van der Waals surface area contributed by atoms with Crippen LogP contribution < -0.4 is 5.32 Å². The first-order chi connectivity index (χ1) is 7.34. The molecule has 0 spiro atoms. The predicted octanol–water partition coefficient (Wildman–Crippen LogP) is 1.51. The Morgan fingerprint density at radius 3 is 2.73 bits per heavy atom. The average Bonchev–Trinajstić information content (AvgIpc) is 2.28. The van der Waals surface area contributed by atoms with Crippen molar-refractivity contribution < 1.29 is 5.11 Å². The number of benzene rings is 1. The number of hydrogen-bond donors (Lipinski definition) is 2. The number of β-amino-alcohol motifs (C(OH)–C–C–N with tert-alkyl or cyclic N) is 1. The van der Waals surface area contributed by atoms with E-state index in [1.54, 1.807) is 0 Å². The standard InChI is InChI=1S/C13H17NO/c15-13-8-12(9-14-10-13)7-6-11-4-2-1-3-5-11/h1-5,8,13-15H,6-7,9-10H2. The molecule has 1 heterocycles. The fourth-order valence-electron chi connectivity index (χ4n) is 1.89. The van der Waals surface area contributed by atoms with E-state index < -0.39 is 0 Å². The third kappa shape index (κ3) is 3.18. The van der Waals surface area contributed by atoms with Gasteiger partial charge in [0.05, 0.1) is 6.10 Å². The van der Waals surface area contributed by atoms with Crippen molar-refractivity contribution in [2.24, 2.45) is 0 Å². The number of hydrogen-bond acceptors (Lipinski definition) is 2. The lowest BCUT2D eigenvalue weighted by Gasteiger charge is -2.18. The Morgan fingerprint density at radius 1 is 1.20 bits per heavy atom. The van der Waals surface area contributed by atoms with Crippen molar-refractivity contribution in [1.82, 2.24) is 5.32 Å². The molecule has 1 atom stereocenters. The van der Waals surface area contributed by atoms with Crippen LogP contribution in [0.15, 0.2) is 42.0 Å². The summed E-state index contributed by atoms with van der Waals surface area (Å²) in [6.45, 7) is 1.61. The zero-order valence-electron chi connectivity index (χ0n) is 8.82. The normalized spacial score (nSPS) is 21.1. The fraction of sp³-hybridized carbons (Fsp3) is 0.385.